The number of hydrogen-bond acceptors (Lipinski definition) is 5. The number of halogens is 4. The minimum absolute atomic E-state index is 0.00805. The number of aromatic nitrogens is 3. The topological polar surface area (TPSA) is 110 Å². The number of benzene rings is 4. The lowest BCUT2D eigenvalue weighted by molar-refractivity contribution is -0.137. The highest BCUT2D eigenvalue weighted by atomic mass is 31.2. The number of carbonyl (C=O) groups excluding carboxylic acids is 1. The summed E-state index contributed by atoms with van der Waals surface area (Å²) in [5, 5.41) is 5.76. The maximum Gasteiger partial charge on any atom is 0.469 e. The van der Waals surface area contributed by atoms with E-state index in [-0.39, 0.29) is 16.6 Å². The number of aryl methyl sites for hydroxylation is 3. The van der Waals surface area contributed by atoms with Gasteiger partial charge in [-0.25, -0.2) is 13.6 Å². The Morgan fingerprint density at radius 2 is 1.61 bits per heavy atom. The van der Waals surface area contributed by atoms with E-state index in [1.807, 2.05) is 24.6 Å². The van der Waals surface area contributed by atoms with Gasteiger partial charge in [-0.15, -0.1) is 0 Å². The van der Waals surface area contributed by atoms with E-state index in [9.17, 15) is 32.3 Å². The molecular formula is C42H41F4N4O5P. The molecule has 4 aromatic carbocycles. The van der Waals surface area contributed by atoms with E-state index in [2.05, 4.69) is 30.9 Å². The second kappa shape index (κ2) is 14.5. The van der Waals surface area contributed by atoms with Crippen molar-refractivity contribution < 1.29 is 41.2 Å². The third kappa shape index (κ3) is 7.03. The molecule has 292 valence electrons. The van der Waals surface area contributed by atoms with Gasteiger partial charge in [0.25, 0.3) is 5.91 Å². The van der Waals surface area contributed by atoms with Crippen molar-refractivity contribution in [3.63, 3.8) is 0 Å². The molecule has 0 aliphatic carbocycles. The molecule has 14 heteroatoms. The molecule has 0 amide bonds. The summed E-state index contributed by atoms with van der Waals surface area (Å²) in [7, 11) is -4.85. The molecule has 9 nitrogen and oxygen atoms in total. The molecule has 1 aliphatic heterocycles. The summed E-state index contributed by atoms with van der Waals surface area (Å²) in [5.74, 6) is -1.28. The van der Waals surface area contributed by atoms with Gasteiger partial charge in [0.2, 0.25) is 0 Å². The van der Waals surface area contributed by atoms with Crippen LogP contribution in [0.1, 0.15) is 82.7 Å². The van der Waals surface area contributed by atoms with Crippen LogP contribution >= 0.6 is 7.82 Å². The SMILES string of the molecule is CCc1cccc(CC)c1-n1nc2c(c1-c1ccc(F)c3c1ccn3C(=O)c1ccccc1COP(=O)(O)O)CN(Cc1ccc(C(F)(F)F)cc1C)C2(C)C. The average Bonchev–Trinajstić information content (AvgIpc) is 3.83. The minimum Gasteiger partial charge on any atom is -0.303 e. The zero-order valence-electron chi connectivity index (χ0n) is 31.5. The van der Waals surface area contributed by atoms with E-state index in [1.54, 1.807) is 31.2 Å². The first kappa shape index (κ1) is 39.3. The van der Waals surface area contributed by atoms with Crippen molar-refractivity contribution in [1.29, 1.82) is 0 Å². The number of phosphoric ester groups is 1. The van der Waals surface area contributed by atoms with Crippen LogP contribution in [-0.4, -0.2) is 34.9 Å². The number of hydrogen-bond donors (Lipinski definition) is 2. The van der Waals surface area contributed by atoms with Crippen LogP contribution in [0.3, 0.4) is 0 Å². The summed E-state index contributed by atoms with van der Waals surface area (Å²) in [6, 6.07) is 20.8. The van der Waals surface area contributed by atoms with Crippen LogP contribution in [0.25, 0.3) is 27.8 Å². The number of para-hydroxylation sites is 1. The predicted octanol–water partition coefficient (Wildman–Crippen LogP) is 9.63. The normalized spacial score (nSPS) is 14.5. The molecule has 0 fully saturated rings. The van der Waals surface area contributed by atoms with Gasteiger partial charge < -0.3 is 9.79 Å². The van der Waals surface area contributed by atoms with Gasteiger partial charge in [0.05, 0.1) is 40.3 Å². The average molecular weight is 789 g/mol. The fraction of sp³-hybridized carbons (Fsp3) is 0.286. The highest BCUT2D eigenvalue weighted by Gasteiger charge is 2.44. The second-order valence-electron chi connectivity index (χ2n) is 14.5. The third-order valence-corrected chi connectivity index (χ3v) is 11.3. The molecule has 0 spiro atoms. The van der Waals surface area contributed by atoms with E-state index in [1.165, 1.54) is 41.1 Å². The van der Waals surface area contributed by atoms with Crippen LogP contribution in [-0.2, 0) is 53.3 Å². The molecule has 2 aromatic heterocycles. The summed E-state index contributed by atoms with van der Waals surface area (Å²) in [6.45, 7) is 10.1. The lowest BCUT2D eigenvalue weighted by Crippen LogP contribution is -2.36. The number of fused-ring (bicyclic) bond motifs is 2. The number of phosphoric acid groups is 1. The molecule has 0 saturated heterocycles. The zero-order valence-corrected chi connectivity index (χ0v) is 32.4. The molecule has 1 aliphatic rings. The number of rotatable bonds is 10. The molecule has 7 rings (SSSR count). The third-order valence-electron chi connectivity index (χ3n) is 10.8. The molecule has 0 atom stereocenters. The lowest BCUT2D eigenvalue weighted by Gasteiger charge is -2.32. The number of alkyl halides is 3. The van der Waals surface area contributed by atoms with Crippen molar-refractivity contribution in [2.24, 2.45) is 0 Å². The minimum atomic E-state index is -4.85. The Balaban J connectivity index is 1.40. The van der Waals surface area contributed by atoms with Gasteiger partial charge in [0.1, 0.15) is 5.82 Å². The summed E-state index contributed by atoms with van der Waals surface area (Å²) in [6.07, 6.45) is -1.55. The van der Waals surface area contributed by atoms with Crippen molar-refractivity contribution in [2.45, 2.75) is 78.9 Å². The van der Waals surface area contributed by atoms with Crippen molar-refractivity contribution >= 4 is 24.6 Å². The van der Waals surface area contributed by atoms with E-state index < -0.39 is 43.4 Å². The quantitative estimate of drug-likeness (QED) is 0.105. The molecule has 0 unspecified atom stereocenters. The molecule has 0 radical (unpaired) electrons. The second-order valence-corrected chi connectivity index (χ2v) is 15.8. The lowest BCUT2D eigenvalue weighted by atomic mass is 9.96. The van der Waals surface area contributed by atoms with Crippen molar-refractivity contribution in [2.75, 3.05) is 0 Å². The monoisotopic (exact) mass is 788 g/mol. The number of nitrogens with zero attached hydrogens (tertiary/aromatic N) is 4. The van der Waals surface area contributed by atoms with Crippen molar-refractivity contribution in [1.82, 2.24) is 19.2 Å². The summed E-state index contributed by atoms with van der Waals surface area (Å²) >= 11 is 0. The van der Waals surface area contributed by atoms with E-state index in [4.69, 9.17) is 9.62 Å². The summed E-state index contributed by atoms with van der Waals surface area (Å²) < 4.78 is 75.9. The maximum atomic E-state index is 16.1. The van der Waals surface area contributed by atoms with Gasteiger partial charge in [-0.2, -0.15) is 18.3 Å². The smallest absolute Gasteiger partial charge is 0.303 e. The standard InChI is InChI=1S/C42H41F4N4O5P/c1-6-26-12-10-13-27(7-2)36(26)50-37(34-23-48(41(4,5)39(34)47-50)22-28-15-16-30(21-25(28)3)42(44,45)46)32-17-18-35(43)38-33(32)19-20-49(38)40(51)31-14-9-8-11-29(31)24-55-56(52,53)54/h8-21H,6-7,22-24H2,1-5H3,(H2,52,53,54). The van der Waals surface area contributed by atoms with Gasteiger partial charge in [0.15, 0.2) is 0 Å². The van der Waals surface area contributed by atoms with E-state index in [0.29, 0.717) is 48.1 Å². The molecule has 0 bridgehead atoms. The molecule has 0 saturated carbocycles. The first-order valence-corrected chi connectivity index (χ1v) is 19.8. The first-order valence-electron chi connectivity index (χ1n) is 18.2. The Labute approximate surface area is 321 Å². The Kier molecular flexibility index (Phi) is 10.2. The zero-order chi connectivity index (χ0) is 40.3. The number of carbonyl (C=O) groups is 1. The van der Waals surface area contributed by atoms with Crippen LogP contribution in [0.2, 0.25) is 0 Å². The van der Waals surface area contributed by atoms with Crippen LogP contribution in [0.15, 0.2) is 85.1 Å². The molecule has 3 heterocycles. The highest BCUT2D eigenvalue weighted by molar-refractivity contribution is 7.46. The Bertz CT molecular complexity index is 2530. The molecule has 2 N–H and O–H groups in total. The van der Waals surface area contributed by atoms with Crippen LogP contribution in [0, 0.1) is 12.7 Å². The van der Waals surface area contributed by atoms with E-state index >= 15 is 4.39 Å². The molecular weight excluding hydrogens is 747 g/mol. The Hall–Kier alpha value is -4.91. The highest BCUT2D eigenvalue weighted by Crippen LogP contribution is 2.47. The molecule has 6 aromatic rings. The van der Waals surface area contributed by atoms with E-state index in [0.717, 1.165) is 39.7 Å². The van der Waals surface area contributed by atoms with Gasteiger partial charge in [-0.1, -0.05) is 56.3 Å². The van der Waals surface area contributed by atoms with Gasteiger partial charge in [-0.3, -0.25) is 18.8 Å². The summed E-state index contributed by atoms with van der Waals surface area (Å²) in [4.78, 5) is 34.9. The Morgan fingerprint density at radius 1 is 0.929 bits per heavy atom. The predicted molar refractivity (Wildman–Crippen MR) is 205 cm³/mol. The Morgan fingerprint density at radius 3 is 2.25 bits per heavy atom. The largest absolute Gasteiger partial charge is 0.469 e. The van der Waals surface area contributed by atoms with Gasteiger partial charge >= 0.3 is 14.0 Å². The molecule has 56 heavy (non-hydrogen) atoms. The fourth-order valence-corrected chi connectivity index (χ4v) is 8.10. The fourth-order valence-electron chi connectivity index (χ4n) is 7.80. The van der Waals surface area contributed by atoms with Crippen LogP contribution in [0.4, 0.5) is 17.6 Å². The maximum absolute atomic E-state index is 16.1. The van der Waals surface area contributed by atoms with Gasteiger partial charge in [-0.05, 0) is 97.8 Å². The van der Waals surface area contributed by atoms with Crippen molar-refractivity contribution in [3.05, 3.63) is 141 Å². The summed E-state index contributed by atoms with van der Waals surface area (Å²) in [5.41, 5.74) is 6.21. The van der Waals surface area contributed by atoms with Crippen molar-refractivity contribution in [3.8, 4) is 16.9 Å². The van der Waals surface area contributed by atoms with Crippen LogP contribution in [0.5, 0.6) is 0 Å². The van der Waals surface area contributed by atoms with Crippen LogP contribution < -0.4 is 0 Å². The first-order chi connectivity index (χ1) is 26.4. The van der Waals surface area contributed by atoms with Gasteiger partial charge in [0, 0.05) is 41.4 Å².